The van der Waals surface area contributed by atoms with Crippen LogP contribution < -0.4 is 5.32 Å². The van der Waals surface area contributed by atoms with Gasteiger partial charge in [-0.05, 0) is 49.5 Å². The van der Waals surface area contributed by atoms with Gasteiger partial charge in [-0.1, -0.05) is 19.1 Å². The van der Waals surface area contributed by atoms with Crippen molar-refractivity contribution >= 4 is 27.2 Å². The highest BCUT2D eigenvalue weighted by Gasteiger charge is 2.30. The van der Waals surface area contributed by atoms with Crippen LogP contribution in [0.25, 0.3) is 21.3 Å². The third-order valence-electron chi connectivity index (χ3n) is 5.16. The Morgan fingerprint density at radius 1 is 1.18 bits per heavy atom. The summed E-state index contributed by atoms with van der Waals surface area (Å²) in [5, 5.41) is 15.1. The Kier molecular flexibility index (Phi) is 5.25. The van der Waals surface area contributed by atoms with Gasteiger partial charge in [0.1, 0.15) is 5.69 Å². The van der Waals surface area contributed by atoms with E-state index in [1.54, 1.807) is 11.3 Å². The van der Waals surface area contributed by atoms with Crippen molar-refractivity contribution in [2.45, 2.75) is 32.0 Å². The largest absolute Gasteiger partial charge is 0.416 e. The van der Waals surface area contributed by atoms with Crippen LogP contribution in [-0.4, -0.2) is 40.8 Å². The average molecular weight is 406 g/mol. The molecule has 2 aromatic heterocycles. The fraction of sp³-hybridized carbons (Fsp3) is 0.400. The van der Waals surface area contributed by atoms with Gasteiger partial charge in [-0.25, -0.2) is 0 Å². The molecule has 1 aromatic carbocycles. The molecule has 1 aliphatic heterocycles. The molecule has 4 nitrogen and oxygen atoms in total. The quantitative estimate of drug-likeness (QED) is 0.641. The molecule has 1 aliphatic rings. The van der Waals surface area contributed by atoms with Crippen LogP contribution in [0.2, 0.25) is 0 Å². The minimum absolute atomic E-state index is 0.324. The van der Waals surface area contributed by atoms with E-state index < -0.39 is 11.7 Å². The van der Waals surface area contributed by atoms with Crippen LogP contribution >= 0.6 is 11.3 Å². The first-order valence-electron chi connectivity index (χ1n) is 9.36. The number of halogens is 3. The first kappa shape index (κ1) is 19.1. The number of alkyl halides is 3. The van der Waals surface area contributed by atoms with Gasteiger partial charge in [-0.15, -0.1) is 21.5 Å². The van der Waals surface area contributed by atoms with Crippen molar-refractivity contribution in [2.24, 2.45) is 0 Å². The summed E-state index contributed by atoms with van der Waals surface area (Å²) >= 11 is 1.57. The highest BCUT2D eigenvalue weighted by Crippen LogP contribution is 2.36. The van der Waals surface area contributed by atoms with Crippen LogP contribution in [0, 0.1) is 0 Å². The van der Waals surface area contributed by atoms with Crippen LogP contribution in [0.15, 0.2) is 35.7 Å². The summed E-state index contributed by atoms with van der Waals surface area (Å²) in [5.41, 5.74) is 0.571. The van der Waals surface area contributed by atoms with Gasteiger partial charge < -0.3 is 10.2 Å². The molecule has 3 aromatic rings. The zero-order chi connectivity index (χ0) is 19.7. The zero-order valence-electron chi connectivity index (χ0n) is 15.5. The van der Waals surface area contributed by atoms with E-state index in [9.17, 15) is 13.2 Å². The maximum absolute atomic E-state index is 12.8. The molecule has 0 spiro atoms. The molecule has 0 saturated carbocycles. The van der Waals surface area contributed by atoms with Crippen molar-refractivity contribution in [3.63, 3.8) is 0 Å². The van der Waals surface area contributed by atoms with Gasteiger partial charge in [0.25, 0.3) is 0 Å². The van der Waals surface area contributed by atoms with E-state index in [-0.39, 0.29) is 0 Å². The number of likely N-dealkylation sites (N-methyl/N-ethyl adjacent to an activating group) is 1. The predicted molar refractivity (Wildman–Crippen MR) is 107 cm³/mol. The van der Waals surface area contributed by atoms with Crippen LogP contribution in [-0.2, 0) is 6.18 Å². The van der Waals surface area contributed by atoms with Crippen molar-refractivity contribution < 1.29 is 13.2 Å². The lowest BCUT2D eigenvalue weighted by Crippen LogP contribution is -2.42. The van der Waals surface area contributed by atoms with Crippen LogP contribution in [0.5, 0.6) is 0 Å². The Bertz CT molecular complexity index is 952. The number of aromatic nitrogens is 2. The Hall–Kier alpha value is -2.19. The second kappa shape index (κ2) is 7.67. The second-order valence-corrected chi connectivity index (χ2v) is 7.93. The number of benzene rings is 1. The lowest BCUT2D eigenvalue weighted by atomic mass is 10.0. The summed E-state index contributed by atoms with van der Waals surface area (Å²) in [6, 6.07) is 7.36. The number of thiophene rings is 1. The maximum Gasteiger partial charge on any atom is 0.416 e. The van der Waals surface area contributed by atoms with Crippen LogP contribution in [0.1, 0.15) is 25.3 Å². The molecular formula is C20H21F3N4S. The molecule has 1 atom stereocenters. The minimum Gasteiger partial charge on any atom is -0.363 e. The number of nitrogens with zero attached hydrogens (tertiary/aromatic N) is 3. The SMILES string of the molecule is CCN1CCCC(Nc2nnc(-c3ccc(C(F)(F)F)cc3)c3ccsc23)C1. The highest BCUT2D eigenvalue weighted by molar-refractivity contribution is 7.17. The lowest BCUT2D eigenvalue weighted by molar-refractivity contribution is -0.137. The molecular weight excluding hydrogens is 385 g/mol. The number of anilines is 1. The number of fused-ring (bicyclic) bond motifs is 1. The molecule has 1 N–H and O–H groups in total. The lowest BCUT2D eigenvalue weighted by Gasteiger charge is -2.32. The summed E-state index contributed by atoms with van der Waals surface area (Å²) in [6.07, 6.45) is -2.11. The zero-order valence-corrected chi connectivity index (χ0v) is 16.3. The van der Waals surface area contributed by atoms with Gasteiger partial charge in [-0.3, -0.25) is 0 Å². The summed E-state index contributed by atoms with van der Waals surface area (Å²) in [7, 11) is 0. The standard InChI is InChI=1S/C20H21F3N4S/c1-2-27-10-3-4-15(12-27)24-19-18-16(9-11-28-18)17(25-26-19)13-5-7-14(8-6-13)20(21,22)23/h5-9,11,15H,2-4,10,12H2,1H3,(H,24,26). The van der Waals surface area contributed by atoms with E-state index in [1.807, 2.05) is 11.4 Å². The molecule has 0 bridgehead atoms. The average Bonchev–Trinajstić information content (AvgIpc) is 3.18. The van der Waals surface area contributed by atoms with E-state index in [1.165, 1.54) is 12.1 Å². The maximum atomic E-state index is 12.8. The molecule has 0 aliphatic carbocycles. The van der Waals surface area contributed by atoms with E-state index in [2.05, 4.69) is 27.3 Å². The molecule has 1 fully saturated rings. The molecule has 148 valence electrons. The molecule has 1 unspecified atom stereocenters. The topological polar surface area (TPSA) is 41.0 Å². The van der Waals surface area contributed by atoms with E-state index in [4.69, 9.17) is 0 Å². The number of rotatable bonds is 4. The van der Waals surface area contributed by atoms with Crippen molar-refractivity contribution in [3.05, 3.63) is 41.3 Å². The first-order valence-corrected chi connectivity index (χ1v) is 10.2. The number of hydrogen-bond donors (Lipinski definition) is 1. The molecule has 8 heteroatoms. The fourth-order valence-electron chi connectivity index (χ4n) is 3.66. The number of hydrogen-bond acceptors (Lipinski definition) is 5. The summed E-state index contributed by atoms with van der Waals surface area (Å²) in [5.74, 6) is 0.753. The van der Waals surface area contributed by atoms with E-state index in [0.717, 1.165) is 60.5 Å². The van der Waals surface area contributed by atoms with Gasteiger partial charge in [0.15, 0.2) is 5.82 Å². The van der Waals surface area contributed by atoms with Crippen molar-refractivity contribution in [2.75, 3.05) is 25.0 Å². The Labute approximate surface area is 165 Å². The van der Waals surface area contributed by atoms with Gasteiger partial charge in [0.05, 0.1) is 10.3 Å². The minimum atomic E-state index is -4.35. The van der Waals surface area contributed by atoms with Crippen molar-refractivity contribution in [1.82, 2.24) is 15.1 Å². The highest BCUT2D eigenvalue weighted by atomic mass is 32.1. The fourth-order valence-corrected chi connectivity index (χ4v) is 4.50. The smallest absolute Gasteiger partial charge is 0.363 e. The number of likely N-dealkylation sites (tertiary alicyclic amines) is 1. The summed E-state index contributed by atoms with van der Waals surface area (Å²) < 4.78 is 39.4. The third kappa shape index (κ3) is 3.84. The number of piperidine rings is 1. The first-order chi connectivity index (χ1) is 13.5. The molecule has 0 radical (unpaired) electrons. The summed E-state index contributed by atoms with van der Waals surface area (Å²) in [6.45, 7) is 5.30. The Balaban J connectivity index is 1.62. The molecule has 3 heterocycles. The molecule has 4 rings (SSSR count). The predicted octanol–water partition coefficient (Wildman–Crippen LogP) is 5.27. The molecule has 1 saturated heterocycles. The van der Waals surface area contributed by atoms with Crippen LogP contribution in [0.4, 0.5) is 19.0 Å². The molecule has 0 amide bonds. The van der Waals surface area contributed by atoms with E-state index >= 15 is 0 Å². The van der Waals surface area contributed by atoms with Crippen molar-refractivity contribution in [3.8, 4) is 11.3 Å². The Morgan fingerprint density at radius 2 is 1.96 bits per heavy atom. The Morgan fingerprint density at radius 3 is 2.68 bits per heavy atom. The van der Waals surface area contributed by atoms with Crippen LogP contribution in [0.3, 0.4) is 0 Å². The monoisotopic (exact) mass is 406 g/mol. The molecule has 28 heavy (non-hydrogen) atoms. The van der Waals surface area contributed by atoms with Gasteiger partial charge >= 0.3 is 6.18 Å². The normalized spacial score (nSPS) is 18.5. The third-order valence-corrected chi connectivity index (χ3v) is 6.09. The van der Waals surface area contributed by atoms with Gasteiger partial charge in [0, 0.05) is 23.5 Å². The number of nitrogens with one attached hydrogen (secondary N) is 1. The second-order valence-electron chi connectivity index (χ2n) is 7.01. The van der Waals surface area contributed by atoms with Crippen molar-refractivity contribution in [1.29, 1.82) is 0 Å². The van der Waals surface area contributed by atoms with E-state index in [0.29, 0.717) is 17.3 Å². The van der Waals surface area contributed by atoms with Gasteiger partial charge in [0.2, 0.25) is 0 Å². The van der Waals surface area contributed by atoms with Gasteiger partial charge in [-0.2, -0.15) is 13.2 Å². The summed E-state index contributed by atoms with van der Waals surface area (Å²) in [4.78, 5) is 2.41.